The monoisotopic (exact) mass is 458 g/mol. The van der Waals surface area contributed by atoms with E-state index >= 15 is 0 Å². The number of nitrogens with zero attached hydrogens (tertiary/aromatic N) is 2. The van der Waals surface area contributed by atoms with Gasteiger partial charge in [-0.25, -0.2) is 9.78 Å². The molecular formula is C24H30N2O3S2. The predicted octanol–water partition coefficient (Wildman–Crippen LogP) is 5.97. The quantitative estimate of drug-likeness (QED) is 0.561. The van der Waals surface area contributed by atoms with Crippen LogP contribution in [0.4, 0.5) is 5.69 Å². The molecule has 1 fully saturated rings. The van der Waals surface area contributed by atoms with Gasteiger partial charge in [0.25, 0.3) is 0 Å². The third-order valence-corrected chi connectivity index (χ3v) is 7.23. The van der Waals surface area contributed by atoms with E-state index in [0.717, 1.165) is 47.7 Å². The predicted molar refractivity (Wildman–Crippen MR) is 127 cm³/mol. The second-order valence-electron chi connectivity index (χ2n) is 9.37. The van der Waals surface area contributed by atoms with Crippen LogP contribution in [0.3, 0.4) is 0 Å². The zero-order valence-corrected chi connectivity index (χ0v) is 20.5. The summed E-state index contributed by atoms with van der Waals surface area (Å²) in [7, 11) is 0. The van der Waals surface area contributed by atoms with Gasteiger partial charge in [0.15, 0.2) is 0 Å². The van der Waals surface area contributed by atoms with Gasteiger partial charge in [-0.1, -0.05) is 18.8 Å². The van der Waals surface area contributed by atoms with Gasteiger partial charge in [0, 0.05) is 16.7 Å². The van der Waals surface area contributed by atoms with Crippen LogP contribution in [-0.4, -0.2) is 22.0 Å². The van der Waals surface area contributed by atoms with Crippen molar-refractivity contribution in [1.29, 1.82) is 0 Å². The number of hydrogen-bond acceptors (Lipinski definition) is 5. The van der Waals surface area contributed by atoms with Crippen molar-refractivity contribution in [3.05, 3.63) is 31.9 Å². The first-order valence-corrected chi connectivity index (χ1v) is 12.4. The molecule has 2 aromatic rings. The topological polar surface area (TPSA) is 70.5 Å². The maximum absolute atomic E-state index is 13.6. The number of thiophene rings is 1. The van der Waals surface area contributed by atoms with Crippen molar-refractivity contribution in [1.82, 2.24) is 4.98 Å². The second kappa shape index (κ2) is 9.54. The number of aryl methyl sites for hydroxylation is 1. The minimum absolute atomic E-state index is 0.00631. The first-order valence-electron chi connectivity index (χ1n) is 10.7. The van der Waals surface area contributed by atoms with Crippen molar-refractivity contribution < 1.29 is 14.7 Å². The maximum Gasteiger partial charge on any atom is 0.348 e. The first kappa shape index (κ1) is 23.5. The Bertz CT molecular complexity index is 1010. The number of carbonyl (C=O) groups excluding carboxylic acids is 1. The highest BCUT2D eigenvalue weighted by molar-refractivity contribution is 7.15. The van der Waals surface area contributed by atoms with Crippen LogP contribution in [0.25, 0.3) is 0 Å². The second-order valence-corrected chi connectivity index (χ2v) is 11.5. The number of thiazole rings is 1. The Morgan fingerprint density at radius 1 is 1.26 bits per heavy atom. The zero-order chi connectivity index (χ0) is 22.8. The summed E-state index contributed by atoms with van der Waals surface area (Å²) >= 11 is 2.66. The normalized spacial score (nSPS) is 18.9. The van der Waals surface area contributed by atoms with Gasteiger partial charge in [-0.3, -0.25) is 4.79 Å². The van der Waals surface area contributed by atoms with Gasteiger partial charge in [-0.05, 0) is 65.4 Å². The summed E-state index contributed by atoms with van der Waals surface area (Å²) in [5, 5.41) is 12.7. The van der Waals surface area contributed by atoms with Gasteiger partial charge >= 0.3 is 5.97 Å². The minimum Gasteiger partial charge on any atom is -0.477 e. The fourth-order valence-electron chi connectivity index (χ4n) is 3.70. The van der Waals surface area contributed by atoms with Gasteiger partial charge in [0.05, 0.1) is 27.8 Å². The molecule has 1 N–H and O–H groups in total. The maximum atomic E-state index is 13.6. The summed E-state index contributed by atoms with van der Waals surface area (Å²) in [6.45, 7) is 10.5. The van der Waals surface area contributed by atoms with Crippen LogP contribution >= 0.6 is 22.7 Å². The molecule has 7 heteroatoms. The number of carboxylic acid groups (broad SMARTS) is 1. The van der Waals surface area contributed by atoms with E-state index in [0.29, 0.717) is 16.5 Å². The average molecular weight is 459 g/mol. The molecular weight excluding hydrogens is 428 g/mol. The number of amides is 1. The van der Waals surface area contributed by atoms with Crippen LogP contribution in [0.15, 0.2) is 11.4 Å². The molecule has 1 amide bonds. The van der Waals surface area contributed by atoms with Crippen molar-refractivity contribution in [2.45, 2.75) is 66.8 Å². The highest BCUT2D eigenvalue weighted by atomic mass is 32.1. The van der Waals surface area contributed by atoms with Crippen molar-refractivity contribution in [2.75, 3.05) is 4.90 Å². The molecule has 0 saturated heterocycles. The lowest BCUT2D eigenvalue weighted by Gasteiger charge is -2.30. The Morgan fingerprint density at radius 3 is 2.48 bits per heavy atom. The summed E-state index contributed by atoms with van der Waals surface area (Å²) in [4.78, 5) is 32.6. The fourth-order valence-corrected chi connectivity index (χ4v) is 5.16. The molecule has 0 bridgehead atoms. The SMILES string of the molecule is Cc1nc(CN(C(=O)C2CCC(C)CC2)c2cc(C#CC(C)(C)C)sc2C(=O)O)cs1. The van der Waals surface area contributed by atoms with E-state index in [1.165, 1.54) is 11.3 Å². The molecule has 0 spiro atoms. The molecule has 1 saturated carbocycles. The fraction of sp³-hybridized carbons (Fsp3) is 0.542. The molecule has 0 atom stereocenters. The van der Waals surface area contributed by atoms with Crippen molar-refractivity contribution in [3.63, 3.8) is 0 Å². The van der Waals surface area contributed by atoms with Crippen LogP contribution in [0.2, 0.25) is 0 Å². The van der Waals surface area contributed by atoms with Crippen molar-refractivity contribution >= 4 is 40.2 Å². The number of carboxylic acids is 1. The lowest BCUT2D eigenvalue weighted by Crippen LogP contribution is -2.38. The molecule has 0 aliphatic heterocycles. The van der Waals surface area contributed by atoms with Crippen LogP contribution in [-0.2, 0) is 11.3 Å². The summed E-state index contributed by atoms with van der Waals surface area (Å²) in [6.07, 6.45) is 3.74. The molecule has 31 heavy (non-hydrogen) atoms. The highest BCUT2D eigenvalue weighted by Crippen LogP contribution is 2.36. The summed E-state index contributed by atoms with van der Waals surface area (Å²) in [6, 6.07) is 1.76. The molecule has 0 aromatic carbocycles. The van der Waals surface area contributed by atoms with E-state index in [1.807, 2.05) is 33.1 Å². The highest BCUT2D eigenvalue weighted by Gasteiger charge is 2.32. The largest absolute Gasteiger partial charge is 0.477 e. The van der Waals surface area contributed by atoms with Gasteiger partial charge in [-0.15, -0.1) is 22.7 Å². The van der Waals surface area contributed by atoms with Crippen molar-refractivity contribution in [2.24, 2.45) is 17.3 Å². The molecule has 0 radical (unpaired) electrons. The van der Waals surface area contributed by atoms with E-state index in [9.17, 15) is 14.7 Å². The number of aromatic nitrogens is 1. The third kappa shape index (κ3) is 6.18. The molecule has 0 unspecified atom stereocenters. The molecule has 2 heterocycles. The zero-order valence-electron chi connectivity index (χ0n) is 18.8. The van der Waals surface area contributed by atoms with Gasteiger partial charge in [-0.2, -0.15) is 0 Å². The van der Waals surface area contributed by atoms with Gasteiger partial charge in [0.2, 0.25) is 5.91 Å². The number of aromatic carboxylic acids is 1. The van der Waals surface area contributed by atoms with E-state index in [2.05, 4.69) is 23.7 Å². The number of rotatable bonds is 5. The number of carbonyl (C=O) groups is 2. The van der Waals surface area contributed by atoms with Crippen LogP contribution in [0.1, 0.15) is 78.6 Å². The Labute approximate surface area is 192 Å². The molecule has 166 valence electrons. The summed E-state index contributed by atoms with van der Waals surface area (Å²) in [5.41, 5.74) is 1.02. The van der Waals surface area contributed by atoms with Crippen LogP contribution < -0.4 is 4.90 Å². The Morgan fingerprint density at radius 2 is 1.94 bits per heavy atom. The van der Waals surface area contributed by atoms with E-state index in [1.54, 1.807) is 11.0 Å². The van der Waals surface area contributed by atoms with Crippen molar-refractivity contribution in [3.8, 4) is 11.8 Å². The van der Waals surface area contributed by atoms with E-state index < -0.39 is 5.97 Å². The van der Waals surface area contributed by atoms with Crippen LogP contribution in [0, 0.1) is 36.0 Å². The molecule has 1 aliphatic carbocycles. The Balaban J connectivity index is 2.01. The number of anilines is 1. The van der Waals surface area contributed by atoms with E-state index in [4.69, 9.17) is 0 Å². The Hall–Kier alpha value is -2.17. The van der Waals surface area contributed by atoms with E-state index in [-0.39, 0.29) is 28.7 Å². The molecule has 3 rings (SSSR count). The smallest absolute Gasteiger partial charge is 0.348 e. The first-order chi connectivity index (χ1) is 14.5. The summed E-state index contributed by atoms with van der Waals surface area (Å²) in [5.74, 6) is 5.77. The number of hydrogen-bond donors (Lipinski definition) is 1. The van der Waals surface area contributed by atoms with Crippen LogP contribution in [0.5, 0.6) is 0 Å². The van der Waals surface area contributed by atoms with Gasteiger partial charge in [0.1, 0.15) is 4.88 Å². The molecule has 1 aliphatic rings. The Kier molecular flexibility index (Phi) is 7.23. The lowest BCUT2D eigenvalue weighted by molar-refractivity contribution is -0.123. The lowest BCUT2D eigenvalue weighted by atomic mass is 9.82. The standard InChI is InChI=1S/C24H30N2O3S2/c1-15-6-8-17(9-7-15)22(27)26(13-18-14-30-16(2)25-18)20-12-19(10-11-24(3,4)5)31-21(20)23(28)29/h12,14-15,17H,6-9,13H2,1-5H3,(H,28,29). The van der Waals surface area contributed by atoms with Gasteiger partial charge < -0.3 is 10.0 Å². The molecule has 2 aromatic heterocycles. The average Bonchev–Trinajstić information content (AvgIpc) is 3.30. The minimum atomic E-state index is -1.03. The molecule has 5 nitrogen and oxygen atoms in total. The summed E-state index contributed by atoms with van der Waals surface area (Å²) < 4.78 is 0. The third-order valence-electron chi connectivity index (χ3n) is 5.38.